The van der Waals surface area contributed by atoms with Crippen molar-refractivity contribution >= 4 is 10.9 Å². The van der Waals surface area contributed by atoms with Crippen LogP contribution in [0.15, 0.2) is 53.3 Å². The first-order valence-corrected chi connectivity index (χ1v) is 7.19. The quantitative estimate of drug-likeness (QED) is 0.801. The van der Waals surface area contributed by atoms with E-state index in [1.54, 1.807) is 6.07 Å². The van der Waals surface area contributed by atoms with Gasteiger partial charge in [0.2, 0.25) is 0 Å². The van der Waals surface area contributed by atoms with E-state index >= 15 is 0 Å². The summed E-state index contributed by atoms with van der Waals surface area (Å²) in [6.45, 7) is 2.59. The zero-order chi connectivity index (χ0) is 15.5. The molecule has 3 aromatic rings. The van der Waals surface area contributed by atoms with Gasteiger partial charge in [0.25, 0.3) is 5.56 Å². The molecule has 0 spiro atoms. The van der Waals surface area contributed by atoms with Gasteiger partial charge in [0, 0.05) is 0 Å². The van der Waals surface area contributed by atoms with Crippen molar-refractivity contribution in [2.45, 2.75) is 13.5 Å². The summed E-state index contributed by atoms with van der Waals surface area (Å²) in [7, 11) is 0. The molecule has 0 fully saturated rings. The molecule has 0 aliphatic heterocycles. The summed E-state index contributed by atoms with van der Waals surface area (Å²) in [6.07, 6.45) is 0. The molecule has 0 saturated carbocycles. The van der Waals surface area contributed by atoms with E-state index in [2.05, 4.69) is 4.98 Å². The van der Waals surface area contributed by atoms with Crippen molar-refractivity contribution in [3.8, 4) is 11.4 Å². The Labute approximate surface area is 128 Å². The third kappa shape index (κ3) is 2.35. The largest absolute Gasteiger partial charge is 0.492 e. The minimum atomic E-state index is -0.141. The second kappa shape index (κ2) is 5.99. The predicted octanol–water partition coefficient (Wildman–Crippen LogP) is 2.24. The molecule has 1 aromatic heterocycles. The summed E-state index contributed by atoms with van der Waals surface area (Å²) in [6, 6.07) is 14.7. The van der Waals surface area contributed by atoms with Crippen molar-refractivity contribution in [3.05, 3.63) is 64.7 Å². The van der Waals surface area contributed by atoms with Crippen molar-refractivity contribution in [1.82, 2.24) is 9.55 Å². The molecule has 3 rings (SSSR count). The van der Waals surface area contributed by atoms with Gasteiger partial charge >= 0.3 is 0 Å². The Bertz CT molecular complexity index is 871. The van der Waals surface area contributed by atoms with Crippen molar-refractivity contribution in [2.75, 3.05) is 6.61 Å². The molecule has 1 heterocycles. The molecule has 0 amide bonds. The molecule has 5 nitrogen and oxygen atoms in total. The summed E-state index contributed by atoms with van der Waals surface area (Å²) < 4.78 is 7.16. The topological polar surface area (TPSA) is 70.1 Å². The summed E-state index contributed by atoms with van der Waals surface area (Å²) in [5.74, 6) is 1.15. The van der Waals surface area contributed by atoms with Gasteiger partial charge in [-0.1, -0.05) is 24.3 Å². The molecule has 112 valence electrons. The Morgan fingerprint density at radius 3 is 2.64 bits per heavy atom. The van der Waals surface area contributed by atoms with E-state index in [1.807, 2.05) is 49.4 Å². The highest BCUT2D eigenvalue weighted by Gasteiger charge is 2.14. The zero-order valence-electron chi connectivity index (χ0n) is 12.3. The van der Waals surface area contributed by atoms with E-state index in [0.29, 0.717) is 34.8 Å². The Morgan fingerprint density at radius 1 is 1.14 bits per heavy atom. The lowest BCUT2D eigenvalue weighted by atomic mass is 10.2. The van der Waals surface area contributed by atoms with Crippen molar-refractivity contribution in [2.24, 2.45) is 5.73 Å². The lowest BCUT2D eigenvalue weighted by molar-refractivity contribution is 0.338. The van der Waals surface area contributed by atoms with Gasteiger partial charge in [-0.05, 0) is 31.2 Å². The van der Waals surface area contributed by atoms with Crippen LogP contribution in [0.5, 0.6) is 5.75 Å². The molecule has 0 aliphatic rings. The summed E-state index contributed by atoms with van der Waals surface area (Å²) in [5, 5.41) is 0.561. The Morgan fingerprint density at radius 2 is 1.86 bits per heavy atom. The van der Waals surface area contributed by atoms with Crippen LogP contribution in [0.1, 0.15) is 12.7 Å². The van der Waals surface area contributed by atoms with E-state index in [0.717, 1.165) is 0 Å². The van der Waals surface area contributed by atoms with Gasteiger partial charge in [-0.2, -0.15) is 0 Å². The first-order chi connectivity index (χ1) is 10.8. The molecular weight excluding hydrogens is 278 g/mol. The average Bonchev–Trinajstić information content (AvgIpc) is 2.56. The number of aromatic nitrogens is 2. The fourth-order valence-corrected chi connectivity index (χ4v) is 2.48. The van der Waals surface area contributed by atoms with Crippen molar-refractivity contribution in [3.63, 3.8) is 0 Å². The molecule has 22 heavy (non-hydrogen) atoms. The minimum absolute atomic E-state index is 0.141. The van der Waals surface area contributed by atoms with Crippen LogP contribution in [0.25, 0.3) is 16.6 Å². The van der Waals surface area contributed by atoms with Crippen LogP contribution >= 0.6 is 0 Å². The van der Waals surface area contributed by atoms with Crippen molar-refractivity contribution < 1.29 is 4.74 Å². The first kappa shape index (κ1) is 14.3. The maximum absolute atomic E-state index is 12.9. The normalized spacial score (nSPS) is 10.8. The third-order valence-corrected chi connectivity index (χ3v) is 3.43. The van der Waals surface area contributed by atoms with Gasteiger partial charge < -0.3 is 10.5 Å². The monoisotopic (exact) mass is 295 g/mol. The molecule has 0 saturated heterocycles. The smallest absolute Gasteiger partial charge is 0.266 e. The van der Waals surface area contributed by atoms with Gasteiger partial charge in [-0.3, -0.25) is 9.36 Å². The van der Waals surface area contributed by atoms with Gasteiger partial charge in [-0.25, -0.2) is 4.98 Å². The molecule has 0 aliphatic carbocycles. The molecule has 2 N–H and O–H groups in total. The zero-order valence-corrected chi connectivity index (χ0v) is 12.3. The number of nitrogens with two attached hydrogens (primary N) is 1. The van der Waals surface area contributed by atoms with Gasteiger partial charge in [0.15, 0.2) is 0 Å². The predicted molar refractivity (Wildman–Crippen MR) is 86.4 cm³/mol. The number of rotatable bonds is 4. The van der Waals surface area contributed by atoms with Gasteiger partial charge in [0.05, 0.1) is 29.7 Å². The second-order valence-electron chi connectivity index (χ2n) is 4.79. The van der Waals surface area contributed by atoms with E-state index in [-0.39, 0.29) is 12.1 Å². The molecular formula is C17H17N3O2. The highest BCUT2D eigenvalue weighted by atomic mass is 16.5. The van der Waals surface area contributed by atoms with Crippen LogP contribution in [0.4, 0.5) is 0 Å². The van der Waals surface area contributed by atoms with Crippen LogP contribution in [-0.2, 0) is 6.54 Å². The van der Waals surface area contributed by atoms with Crippen LogP contribution in [0.3, 0.4) is 0 Å². The number of hydrogen-bond acceptors (Lipinski definition) is 4. The maximum atomic E-state index is 12.9. The van der Waals surface area contributed by atoms with Gasteiger partial charge in [0.1, 0.15) is 11.6 Å². The fraction of sp³-hybridized carbons (Fsp3) is 0.176. The van der Waals surface area contributed by atoms with E-state index < -0.39 is 0 Å². The number of ether oxygens (including phenoxy) is 1. The number of para-hydroxylation sites is 3. The van der Waals surface area contributed by atoms with Crippen LogP contribution in [0, 0.1) is 0 Å². The fourth-order valence-electron chi connectivity index (χ4n) is 2.48. The van der Waals surface area contributed by atoms with Crippen LogP contribution in [-0.4, -0.2) is 16.2 Å². The standard InChI is InChI=1S/C17H17N3O2/c1-2-22-15-10-6-5-9-14(15)20-16(11-18)19-13-8-4-3-7-12(13)17(20)21/h3-10H,2,11,18H2,1H3. The lowest BCUT2D eigenvalue weighted by Crippen LogP contribution is -2.26. The third-order valence-electron chi connectivity index (χ3n) is 3.43. The maximum Gasteiger partial charge on any atom is 0.266 e. The van der Waals surface area contributed by atoms with Crippen LogP contribution < -0.4 is 16.0 Å². The molecule has 2 aromatic carbocycles. The van der Waals surface area contributed by atoms with E-state index in [1.165, 1.54) is 4.57 Å². The Kier molecular flexibility index (Phi) is 3.89. The van der Waals surface area contributed by atoms with E-state index in [4.69, 9.17) is 10.5 Å². The lowest BCUT2D eigenvalue weighted by Gasteiger charge is -2.15. The summed E-state index contributed by atoms with van der Waals surface area (Å²) in [4.78, 5) is 17.4. The Hall–Kier alpha value is -2.66. The summed E-state index contributed by atoms with van der Waals surface area (Å²) >= 11 is 0. The number of nitrogens with zero attached hydrogens (tertiary/aromatic N) is 2. The van der Waals surface area contributed by atoms with Crippen LogP contribution in [0.2, 0.25) is 0 Å². The average molecular weight is 295 g/mol. The SMILES string of the molecule is CCOc1ccccc1-n1c(CN)nc2ccccc2c1=O. The minimum Gasteiger partial charge on any atom is -0.492 e. The Balaban J connectivity index is 2.35. The highest BCUT2D eigenvalue weighted by Crippen LogP contribution is 2.23. The number of fused-ring (bicyclic) bond motifs is 1. The second-order valence-corrected chi connectivity index (χ2v) is 4.79. The van der Waals surface area contributed by atoms with E-state index in [9.17, 15) is 4.79 Å². The number of benzene rings is 2. The van der Waals surface area contributed by atoms with Gasteiger partial charge in [-0.15, -0.1) is 0 Å². The molecule has 0 bridgehead atoms. The molecule has 0 unspecified atom stereocenters. The highest BCUT2D eigenvalue weighted by molar-refractivity contribution is 5.78. The number of hydrogen-bond donors (Lipinski definition) is 1. The van der Waals surface area contributed by atoms with Crippen molar-refractivity contribution in [1.29, 1.82) is 0 Å². The molecule has 0 atom stereocenters. The first-order valence-electron chi connectivity index (χ1n) is 7.19. The molecule has 0 radical (unpaired) electrons. The molecule has 5 heteroatoms. The summed E-state index contributed by atoms with van der Waals surface area (Å²) in [5.41, 5.74) is 6.98.